The maximum atomic E-state index is 11.8. The van der Waals surface area contributed by atoms with Gasteiger partial charge in [0.15, 0.2) is 0 Å². The lowest BCUT2D eigenvalue weighted by atomic mass is 10.0. The van der Waals surface area contributed by atoms with Gasteiger partial charge in [-0.05, 0) is 35.2 Å². The first-order valence-corrected chi connectivity index (χ1v) is 6.45. The molecule has 0 aliphatic carbocycles. The molecule has 0 bridgehead atoms. The Morgan fingerprint density at radius 3 is 2.55 bits per heavy atom. The minimum Gasteiger partial charge on any atom is -0.396 e. The quantitative estimate of drug-likeness (QED) is 0.763. The highest BCUT2D eigenvalue weighted by atomic mass is 16.2. The SMILES string of the molecule is O=c1[nH]cnc2ccc(-c3ccc(CCO)cc3)cc12. The highest BCUT2D eigenvalue weighted by Crippen LogP contribution is 2.22. The topological polar surface area (TPSA) is 66.0 Å². The van der Waals surface area contributed by atoms with Crippen LogP contribution in [0.4, 0.5) is 0 Å². The molecule has 4 heteroatoms. The van der Waals surface area contributed by atoms with E-state index in [1.165, 1.54) is 6.33 Å². The molecule has 100 valence electrons. The van der Waals surface area contributed by atoms with Crippen LogP contribution in [0.3, 0.4) is 0 Å². The number of hydrogen-bond acceptors (Lipinski definition) is 3. The molecule has 0 amide bonds. The average molecular weight is 266 g/mol. The first-order valence-electron chi connectivity index (χ1n) is 6.45. The Morgan fingerprint density at radius 2 is 1.80 bits per heavy atom. The monoisotopic (exact) mass is 266 g/mol. The summed E-state index contributed by atoms with van der Waals surface area (Å²) in [6, 6.07) is 13.6. The number of benzene rings is 2. The molecular weight excluding hydrogens is 252 g/mol. The van der Waals surface area contributed by atoms with Crippen molar-refractivity contribution in [3.05, 3.63) is 64.7 Å². The third kappa shape index (κ3) is 2.33. The number of nitrogens with zero attached hydrogens (tertiary/aromatic N) is 1. The molecule has 1 heterocycles. The summed E-state index contributed by atoms with van der Waals surface area (Å²) in [5, 5.41) is 9.50. The molecule has 0 aliphatic rings. The van der Waals surface area contributed by atoms with Crippen LogP contribution in [0.25, 0.3) is 22.0 Å². The molecule has 1 aromatic heterocycles. The van der Waals surface area contributed by atoms with E-state index in [1.54, 1.807) is 0 Å². The van der Waals surface area contributed by atoms with Gasteiger partial charge in [0.05, 0.1) is 17.2 Å². The van der Waals surface area contributed by atoms with Gasteiger partial charge in [-0.3, -0.25) is 4.79 Å². The van der Waals surface area contributed by atoms with Crippen molar-refractivity contribution in [3.8, 4) is 11.1 Å². The number of H-pyrrole nitrogens is 1. The third-order valence-corrected chi connectivity index (χ3v) is 3.33. The fourth-order valence-corrected chi connectivity index (χ4v) is 2.24. The summed E-state index contributed by atoms with van der Waals surface area (Å²) in [5.41, 5.74) is 3.67. The highest BCUT2D eigenvalue weighted by Gasteiger charge is 2.03. The second-order valence-corrected chi connectivity index (χ2v) is 4.63. The van der Waals surface area contributed by atoms with Gasteiger partial charge in [-0.2, -0.15) is 0 Å². The Labute approximate surface area is 115 Å². The zero-order valence-corrected chi connectivity index (χ0v) is 10.8. The van der Waals surface area contributed by atoms with Crippen LogP contribution in [0.5, 0.6) is 0 Å². The van der Waals surface area contributed by atoms with Crippen molar-refractivity contribution in [2.24, 2.45) is 0 Å². The number of aromatic amines is 1. The summed E-state index contributed by atoms with van der Waals surface area (Å²) in [7, 11) is 0. The van der Waals surface area contributed by atoms with Crippen molar-refractivity contribution in [3.63, 3.8) is 0 Å². The molecule has 0 aliphatic heterocycles. The van der Waals surface area contributed by atoms with E-state index in [4.69, 9.17) is 5.11 Å². The Morgan fingerprint density at radius 1 is 1.05 bits per heavy atom. The van der Waals surface area contributed by atoms with Crippen LogP contribution in [0.2, 0.25) is 0 Å². The van der Waals surface area contributed by atoms with Crippen LogP contribution < -0.4 is 5.56 Å². The Hall–Kier alpha value is -2.46. The van der Waals surface area contributed by atoms with Crippen LogP contribution in [-0.4, -0.2) is 21.7 Å². The number of aliphatic hydroxyl groups is 1. The first-order chi connectivity index (χ1) is 9.78. The van der Waals surface area contributed by atoms with Crippen molar-refractivity contribution in [2.45, 2.75) is 6.42 Å². The molecule has 0 unspecified atom stereocenters. The number of fused-ring (bicyclic) bond motifs is 1. The molecule has 0 radical (unpaired) electrons. The van der Waals surface area contributed by atoms with E-state index in [2.05, 4.69) is 9.97 Å². The van der Waals surface area contributed by atoms with E-state index in [-0.39, 0.29) is 12.2 Å². The maximum absolute atomic E-state index is 11.8. The van der Waals surface area contributed by atoms with Gasteiger partial charge < -0.3 is 10.1 Å². The van der Waals surface area contributed by atoms with Crippen molar-refractivity contribution in [1.82, 2.24) is 9.97 Å². The van der Waals surface area contributed by atoms with Gasteiger partial charge in [0.1, 0.15) is 0 Å². The summed E-state index contributed by atoms with van der Waals surface area (Å²) >= 11 is 0. The fraction of sp³-hybridized carbons (Fsp3) is 0.125. The second-order valence-electron chi connectivity index (χ2n) is 4.63. The molecule has 0 saturated heterocycles. The zero-order valence-electron chi connectivity index (χ0n) is 10.8. The number of hydrogen-bond donors (Lipinski definition) is 2. The normalized spacial score (nSPS) is 10.8. The van der Waals surface area contributed by atoms with Gasteiger partial charge in [0.2, 0.25) is 0 Å². The van der Waals surface area contributed by atoms with Crippen LogP contribution in [0.1, 0.15) is 5.56 Å². The number of aliphatic hydroxyl groups excluding tert-OH is 1. The summed E-state index contributed by atoms with van der Waals surface area (Å²) in [5.74, 6) is 0. The molecule has 20 heavy (non-hydrogen) atoms. The molecule has 0 saturated carbocycles. The molecule has 3 rings (SSSR count). The molecule has 2 aromatic carbocycles. The van der Waals surface area contributed by atoms with Crippen molar-refractivity contribution in [2.75, 3.05) is 6.61 Å². The van der Waals surface area contributed by atoms with Crippen molar-refractivity contribution >= 4 is 10.9 Å². The highest BCUT2D eigenvalue weighted by molar-refractivity contribution is 5.83. The van der Waals surface area contributed by atoms with E-state index < -0.39 is 0 Å². The lowest BCUT2D eigenvalue weighted by molar-refractivity contribution is 0.299. The zero-order chi connectivity index (χ0) is 13.9. The smallest absolute Gasteiger partial charge is 0.258 e. The van der Waals surface area contributed by atoms with E-state index in [0.717, 1.165) is 16.7 Å². The summed E-state index contributed by atoms with van der Waals surface area (Å²) in [6.45, 7) is 0.149. The lowest BCUT2D eigenvalue weighted by Gasteiger charge is -2.05. The summed E-state index contributed by atoms with van der Waals surface area (Å²) in [6.07, 6.45) is 2.07. The van der Waals surface area contributed by atoms with E-state index in [1.807, 2.05) is 42.5 Å². The Bertz CT molecular complexity index is 791. The van der Waals surface area contributed by atoms with Gasteiger partial charge in [0, 0.05) is 6.61 Å². The van der Waals surface area contributed by atoms with E-state index in [0.29, 0.717) is 17.3 Å². The molecule has 0 atom stereocenters. The molecule has 0 fully saturated rings. The first kappa shape index (κ1) is 12.6. The maximum Gasteiger partial charge on any atom is 0.258 e. The number of nitrogens with one attached hydrogen (secondary N) is 1. The van der Waals surface area contributed by atoms with Gasteiger partial charge in [-0.15, -0.1) is 0 Å². The van der Waals surface area contributed by atoms with Crippen LogP contribution in [0.15, 0.2) is 53.6 Å². The molecule has 0 spiro atoms. The molecule has 2 N–H and O–H groups in total. The third-order valence-electron chi connectivity index (χ3n) is 3.33. The summed E-state index contributed by atoms with van der Waals surface area (Å²) in [4.78, 5) is 18.5. The predicted molar refractivity (Wildman–Crippen MR) is 78.6 cm³/mol. The van der Waals surface area contributed by atoms with Gasteiger partial charge >= 0.3 is 0 Å². The molecular formula is C16H14N2O2. The lowest BCUT2D eigenvalue weighted by Crippen LogP contribution is -2.05. The summed E-state index contributed by atoms with van der Waals surface area (Å²) < 4.78 is 0. The molecule has 4 nitrogen and oxygen atoms in total. The van der Waals surface area contributed by atoms with Crippen LogP contribution in [-0.2, 0) is 6.42 Å². The standard InChI is InChI=1S/C16H14N2O2/c19-8-7-11-1-3-12(4-2-11)13-5-6-15-14(9-13)16(20)18-10-17-15/h1-6,9-10,19H,7-8H2,(H,17,18,20). The Balaban J connectivity index is 2.05. The number of rotatable bonds is 3. The fourth-order valence-electron chi connectivity index (χ4n) is 2.24. The minimum atomic E-state index is -0.131. The van der Waals surface area contributed by atoms with Crippen molar-refractivity contribution in [1.29, 1.82) is 0 Å². The van der Waals surface area contributed by atoms with Gasteiger partial charge in [0.25, 0.3) is 5.56 Å². The van der Waals surface area contributed by atoms with Crippen LogP contribution in [0, 0.1) is 0 Å². The van der Waals surface area contributed by atoms with Gasteiger partial charge in [-0.25, -0.2) is 4.98 Å². The minimum absolute atomic E-state index is 0.131. The number of aromatic nitrogens is 2. The Kier molecular flexibility index (Phi) is 3.31. The predicted octanol–water partition coefficient (Wildman–Crippen LogP) is 2.12. The van der Waals surface area contributed by atoms with Crippen molar-refractivity contribution < 1.29 is 5.11 Å². The van der Waals surface area contributed by atoms with Crippen LogP contribution >= 0.6 is 0 Å². The largest absolute Gasteiger partial charge is 0.396 e. The van der Waals surface area contributed by atoms with E-state index in [9.17, 15) is 4.79 Å². The second kappa shape index (κ2) is 5.27. The average Bonchev–Trinajstić information content (AvgIpc) is 2.49. The van der Waals surface area contributed by atoms with Gasteiger partial charge in [-0.1, -0.05) is 30.3 Å². The van der Waals surface area contributed by atoms with E-state index >= 15 is 0 Å². The molecule has 3 aromatic rings.